The summed E-state index contributed by atoms with van der Waals surface area (Å²) in [7, 11) is 0. The highest BCUT2D eigenvalue weighted by molar-refractivity contribution is 7.14. The second kappa shape index (κ2) is 8.46. The van der Waals surface area contributed by atoms with Crippen LogP contribution >= 0.6 is 11.3 Å². The lowest BCUT2D eigenvalue weighted by molar-refractivity contribution is 0.0983. The summed E-state index contributed by atoms with van der Waals surface area (Å²) in [6.07, 6.45) is 9.63. The van der Waals surface area contributed by atoms with Crippen LogP contribution in [0.15, 0.2) is 12.1 Å². The van der Waals surface area contributed by atoms with E-state index in [1.807, 2.05) is 12.1 Å². The Labute approximate surface area is 109 Å². The summed E-state index contributed by atoms with van der Waals surface area (Å²) >= 11 is 1.62. The summed E-state index contributed by atoms with van der Waals surface area (Å²) in [5.41, 5.74) is 0. The first-order valence-electron chi connectivity index (χ1n) is 6.83. The molecule has 0 spiro atoms. The van der Waals surface area contributed by atoms with E-state index in [-0.39, 0.29) is 0 Å². The Balaban J connectivity index is 2.05. The van der Waals surface area contributed by atoms with Crippen LogP contribution in [-0.2, 0) is 0 Å². The Kier molecular flexibility index (Phi) is 7.18. The molecule has 0 aromatic carbocycles. The predicted octanol–water partition coefficient (Wildman–Crippen LogP) is 5.38. The molecule has 96 valence electrons. The van der Waals surface area contributed by atoms with Crippen LogP contribution in [0.3, 0.4) is 0 Å². The minimum absolute atomic E-state index is 0.330. The molecule has 1 rings (SSSR count). The van der Waals surface area contributed by atoms with Gasteiger partial charge in [0.2, 0.25) is 0 Å². The third-order valence-electron chi connectivity index (χ3n) is 3.02. The average molecular weight is 252 g/mol. The SMILES string of the molecule is CCCCCCCCCC(=O)c1ccc(C)s1. The fourth-order valence-electron chi connectivity index (χ4n) is 1.95. The van der Waals surface area contributed by atoms with E-state index < -0.39 is 0 Å². The van der Waals surface area contributed by atoms with Crippen LogP contribution in [0.5, 0.6) is 0 Å². The maximum absolute atomic E-state index is 11.8. The van der Waals surface area contributed by atoms with Crippen molar-refractivity contribution in [2.75, 3.05) is 0 Å². The Morgan fingerprint density at radius 2 is 1.71 bits per heavy atom. The summed E-state index contributed by atoms with van der Waals surface area (Å²) in [5, 5.41) is 0. The molecule has 0 amide bonds. The molecule has 0 aliphatic heterocycles. The van der Waals surface area contributed by atoms with Gasteiger partial charge < -0.3 is 0 Å². The van der Waals surface area contributed by atoms with Crippen molar-refractivity contribution in [3.05, 3.63) is 21.9 Å². The minimum atomic E-state index is 0.330. The molecule has 0 unspecified atom stereocenters. The molecule has 17 heavy (non-hydrogen) atoms. The Bertz CT molecular complexity index is 327. The molecular weight excluding hydrogens is 228 g/mol. The van der Waals surface area contributed by atoms with Crippen molar-refractivity contribution in [3.63, 3.8) is 0 Å². The fourth-order valence-corrected chi connectivity index (χ4v) is 2.79. The first-order chi connectivity index (χ1) is 8.24. The average Bonchev–Trinajstić information content (AvgIpc) is 2.74. The van der Waals surface area contributed by atoms with Gasteiger partial charge in [0.05, 0.1) is 4.88 Å². The number of carbonyl (C=O) groups excluding carboxylic acids is 1. The monoisotopic (exact) mass is 252 g/mol. The van der Waals surface area contributed by atoms with Crippen molar-refractivity contribution in [1.29, 1.82) is 0 Å². The van der Waals surface area contributed by atoms with Crippen molar-refractivity contribution in [2.45, 2.75) is 65.2 Å². The van der Waals surface area contributed by atoms with Gasteiger partial charge in [0.1, 0.15) is 0 Å². The van der Waals surface area contributed by atoms with Crippen LogP contribution < -0.4 is 0 Å². The molecule has 1 nitrogen and oxygen atoms in total. The zero-order chi connectivity index (χ0) is 12.5. The van der Waals surface area contributed by atoms with Gasteiger partial charge >= 0.3 is 0 Å². The van der Waals surface area contributed by atoms with Crippen molar-refractivity contribution in [1.82, 2.24) is 0 Å². The van der Waals surface area contributed by atoms with E-state index in [9.17, 15) is 4.79 Å². The van der Waals surface area contributed by atoms with E-state index in [1.165, 1.54) is 43.4 Å². The van der Waals surface area contributed by atoms with E-state index in [2.05, 4.69) is 13.8 Å². The van der Waals surface area contributed by atoms with Gasteiger partial charge in [0.25, 0.3) is 0 Å². The summed E-state index contributed by atoms with van der Waals surface area (Å²) in [5.74, 6) is 0.330. The zero-order valence-corrected chi connectivity index (χ0v) is 11.9. The molecule has 2 heteroatoms. The number of hydrogen-bond donors (Lipinski definition) is 0. The third-order valence-corrected chi connectivity index (χ3v) is 4.06. The predicted molar refractivity (Wildman–Crippen MR) is 76.0 cm³/mol. The number of unbranched alkanes of at least 4 members (excludes halogenated alkanes) is 6. The summed E-state index contributed by atoms with van der Waals surface area (Å²) < 4.78 is 0. The normalized spacial score (nSPS) is 10.7. The first kappa shape index (κ1) is 14.4. The third kappa shape index (κ3) is 6.02. The Morgan fingerprint density at radius 1 is 1.06 bits per heavy atom. The number of ketones is 1. The van der Waals surface area contributed by atoms with E-state index in [1.54, 1.807) is 11.3 Å². The highest BCUT2D eigenvalue weighted by Gasteiger charge is 2.07. The van der Waals surface area contributed by atoms with E-state index in [4.69, 9.17) is 0 Å². The van der Waals surface area contributed by atoms with Gasteiger partial charge in [-0.2, -0.15) is 0 Å². The van der Waals surface area contributed by atoms with E-state index >= 15 is 0 Å². The standard InChI is InChI=1S/C15H24OS/c1-3-4-5-6-7-8-9-10-14(16)15-12-11-13(2)17-15/h11-12H,3-10H2,1-2H3. The Morgan fingerprint density at radius 3 is 2.29 bits per heavy atom. The quantitative estimate of drug-likeness (QED) is 0.426. The van der Waals surface area contributed by atoms with Gasteiger partial charge in [-0.3, -0.25) is 4.79 Å². The lowest BCUT2D eigenvalue weighted by Gasteiger charge is -2.00. The molecule has 0 bridgehead atoms. The fraction of sp³-hybridized carbons (Fsp3) is 0.667. The maximum Gasteiger partial charge on any atom is 0.172 e. The van der Waals surface area contributed by atoms with Crippen molar-refractivity contribution in [3.8, 4) is 0 Å². The van der Waals surface area contributed by atoms with Crippen LogP contribution in [0, 0.1) is 6.92 Å². The number of aryl methyl sites for hydroxylation is 1. The summed E-state index contributed by atoms with van der Waals surface area (Å²) in [6.45, 7) is 4.29. The molecule has 0 aliphatic rings. The molecular formula is C15H24OS. The molecule has 0 radical (unpaired) electrons. The van der Waals surface area contributed by atoms with Gasteiger partial charge in [-0.1, -0.05) is 45.4 Å². The molecule has 0 atom stereocenters. The lowest BCUT2D eigenvalue weighted by atomic mass is 10.1. The zero-order valence-electron chi connectivity index (χ0n) is 11.1. The molecule has 0 N–H and O–H groups in total. The molecule has 1 aromatic heterocycles. The van der Waals surface area contributed by atoms with Gasteiger partial charge in [0, 0.05) is 11.3 Å². The molecule has 0 fully saturated rings. The van der Waals surface area contributed by atoms with Crippen molar-refractivity contribution >= 4 is 17.1 Å². The number of Topliss-reactive ketones (excluding diaryl/α,β-unsaturated/α-hetero) is 1. The second-order valence-electron chi connectivity index (χ2n) is 4.70. The van der Waals surface area contributed by atoms with Crippen LogP contribution in [0.25, 0.3) is 0 Å². The Hall–Kier alpha value is -0.630. The first-order valence-corrected chi connectivity index (χ1v) is 7.65. The maximum atomic E-state index is 11.8. The van der Waals surface area contributed by atoms with Crippen LogP contribution in [0.4, 0.5) is 0 Å². The van der Waals surface area contributed by atoms with Crippen LogP contribution in [0.1, 0.15) is 72.8 Å². The molecule has 1 heterocycles. The number of carbonyl (C=O) groups is 1. The van der Waals surface area contributed by atoms with Gasteiger partial charge in [0.15, 0.2) is 5.78 Å². The smallest absolute Gasteiger partial charge is 0.172 e. The topological polar surface area (TPSA) is 17.1 Å². The molecule has 1 aromatic rings. The lowest BCUT2D eigenvalue weighted by Crippen LogP contribution is -1.95. The highest BCUT2D eigenvalue weighted by atomic mass is 32.1. The van der Waals surface area contributed by atoms with Gasteiger partial charge in [-0.25, -0.2) is 0 Å². The summed E-state index contributed by atoms with van der Waals surface area (Å²) in [6, 6.07) is 3.99. The van der Waals surface area contributed by atoms with Crippen molar-refractivity contribution < 1.29 is 4.79 Å². The van der Waals surface area contributed by atoms with Crippen LogP contribution in [0.2, 0.25) is 0 Å². The summed E-state index contributed by atoms with van der Waals surface area (Å²) in [4.78, 5) is 14.0. The largest absolute Gasteiger partial charge is 0.293 e. The van der Waals surface area contributed by atoms with E-state index in [0.717, 1.165) is 17.7 Å². The molecule has 0 aliphatic carbocycles. The van der Waals surface area contributed by atoms with Gasteiger partial charge in [-0.15, -0.1) is 11.3 Å². The van der Waals surface area contributed by atoms with Crippen LogP contribution in [-0.4, -0.2) is 5.78 Å². The molecule has 0 saturated carbocycles. The second-order valence-corrected chi connectivity index (χ2v) is 5.99. The number of thiophene rings is 1. The number of rotatable bonds is 9. The van der Waals surface area contributed by atoms with Crippen molar-refractivity contribution in [2.24, 2.45) is 0 Å². The number of hydrogen-bond acceptors (Lipinski definition) is 2. The van der Waals surface area contributed by atoms with Gasteiger partial charge in [-0.05, 0) is 25.5 Å². The van der Waals surface area contributed by atoms with E-state index in [0.29, 0.717) is 5.78 Å². The minimum Gasteiger partial charge on any atom is -0.293 e. The highest BCUT2D eigenvalue weighted by Crippen LogP contribution is 2.18. The molecule has 0 saturated heterocycles.